The second-order valence-corrected chi connectivity index (χ2v) is 5.85. The van der Waals surface area contributed by atoms with Gasteiger partial charge in [0.1, 0.15) is 0 Å². The molecule has 2 rings (SSSR count). The third-order valence-electron chi connectivity index (χ3n) is 2.88. The molecule has 106 valence electrons. The smallest absolute Gasteiger partial charge is 0.243 e. The number of nitrogens with two attached hydrogens (primary N) is 1. The summed E-state index contributed by atoms with van der Waals surface area (Å²) in [7, 11) is 0. The predicted molar refractivity (Wildman–Crippen MR) is 77.1 cm³/mol. The predicted octanol–water partition coefficient (Wildman–Crippen LogP) is 1.36. The lowest BCUT2D eigenvalue weighted by Gasteiger charge is -2.27. The molecule has 0 bridgehead atoms. The van der Waals surface area contributed by atoms with Crippen molar-refractivity contribution in [1.29, 1.82) is 0 Å². The Morgan fingerprint density at radius 1 is 1.00 bits per heavy atom. The van der Waals surface area contributed by atoms with Crippen molar-refractivity contribution >= 4 is 17.8 Å². The van der Waals surface area contributed by atoms with Gasteiger partial charge in [-0.3, -0.25) is 5.43 Å². The van der Waals surface area contributed by atoms with Crippen molar-refractivity contribution in [3.8, 4) is 0 Å². The Hall–Kier alpha value is -1.63. The number of nitrogens with zero attached hydrogens (tertiary/aromatic N) is 4. The first-order valence-corrected chi connectivity index (χ1v) is 6.74. The molecule has 1 saturated heterocycles. The first kappa shape index (κ1) is 13.8. The Morgan fingerprint density at radius 3 is 2.21 bits per heavy atom. The van der Waals surface area contributed by atoms with Gasteiger partial charge in [-0.05, 0) is 40.0 Å². The van der Waals surface area contributed by atoms with Crippen LogP contribution in [-0.2, 0) is 0 Å². The molecule has 0 spiro atoms. The van der Waals surface area contributed by atoms with Crippen LogP contribution in [0.4, 0.5) is 17.8 Å². The van der Waals surface area contributed by atoms with Gasteiger partial charge in [0.2, 0.25) is 17.8 Å². The Balaban J connectivity index is 2.24. The van der Waals surface area contributed by atoms with Crippen molar-refractivity contribution in [3.05, 3.63) is 0 Å². The van der Waals surface area contributed by atoms with Crippen LogP contribution >= 0.6 is 0 Å². The molecule has 0 saturated carbocycles. The van der Waals surface area contributed by atoms with Crippen LogP contribution in [-0.4, -0.2) is 33.6 Å². The number of anilines is 3. The first-order valence-electron chi connectivity index (χ1n) is 6.74. The van der Waals surface area contributed by atoms with Crippen LogP contribution in [0.5, 0.6) is 0 Å². The van der Waals surface area contributed by atoms with E-state index < -0.39 is 0 Å². The quantitative estimate of drug-likeness (QED) is 0.561. The molecule has 0 aromatic carbocycles. The molecule has 1 aliphatic heterocycles. The van der Waals surface area contributed by atoms with Crippen LogP contribution < -0.4 is 21.5 Å². The molecule has 7 nitrogen and oxygen atoms in total. The lowest BCUT2D eigenvalue weighted by atomic mass is 10.1. The number of hydrazine groups is 1. The zero-order chi connectivity index (χ0) is 13.9. The van der Waals surface area contributed by atoms with Crippen molar-refractivity contribution in [2.75, 3.05) is 28.7 Å². The molecule has 1 aliphatic rings. The second kappa shape index (κ2) is 5.56. The van der Waals surface area contributed by atoms with Gasteiger partial charge >= 0.3 is 0 Å². The number of rotatable bonds is 3. The molecule has 0 unspecified atom stereocenters. The largest absolute Gasteiger partial charge is 0.349 e. The Kier molecular flexibility index (Phi) is 4.04. The Labute approximate surface area is 114 Å². The summed E-state index contributed by atoms with van der Waals surface area (Å²) in [5.74, 6) is 7.06. The average molecular weight is 265 g/mol. The van der Waals surface area contributed by atoms with E-state index in [-0.39, 0.29) is 5.54 Å². The second-order valence-electron chi connectivity index (χ2n) is 5.85. The van der Waals surface area contributed by atoms with Gasteiger partial charge in [-0.15, -0.1) is 0 Å². The van der Waals surface area contributed by atoms with Crippen LogP contribution in [0.2, 0.25) is 0 Å². The normalized spacial score (nSPS) is 16.3. The molecule has 4 N–H and O–H groups in total. The molecule has 1 fully saturated rings. The lowest BCUT2D eigenvalue weighted by molar-refractivity contribution is 0.566. The van der Waals surface area contributed by atoms with E-state index in [0.29, 0.717) is 17.8 Å². The molecule has 1 aromatic rings. The van der Waals surface area contributed by atoms with Crippen LogP contribution in [0.25, 0.3) is 0 Å². The van der Waals surface area contributed by atoms with Crippen LogP contribution in [0.3, 0.4) is 0 Å². The monoisotopic (exact) mass is 265 g/mol. The molecule has 2 heterocycles. The molecule has 0 radical (unpaired) electrons. The highest BCUT2D eigenvalue weighted by atomic mass is 15.4. The van der Waals surface area contributed by atoms with Gasteiger partial charge in [0, 0.05) is 18.6 Å². The highest BCUT2D eigenvalue weighted by Crippen LogP contribution is 2.19. The van der Waals surface area contributed by atoms with E-state index in [1.807, 2.05) is 0 Å². The minimum atomic E-state index is -0.105. The molecular formula is C12H23N7. The van der Waals surface area contributed by atoms with E-state index in [9.17, 15) is 0 Å². The summed E-state index contributed by atoms with van der Waals surface area (Å²) >= 11 is 0. The third-order valence-corrected chi connectivity index (χ3v) is 2.88. The van der Waals surface area contributed by atoms with E-state index >= 15 is 0 Å². The summed E-state index contributed by atoms with van der Waals surface area (Å²) in [6.07, 6.45) is 3.63. The van der Waals surface area contributed by atoms with Gasteiger partial charge in [-0.25, -0.2) is 5.84 Å². The lowest BCUT2D eigenvalue weighted by Crippen LogP contribution is -2.33. The number of hydrogen-bond donors (Lipinski definition) is 3. The summed E-state index contributed by atoms with van der Waals surface area (Å²) in [6, 6.07) is 0. The van der Waals surface area contributed by atoms with E-state index in [1.54, 1.807) is 0 Å². The number of nitrogens with one attached hydrogen (secondary N) is 2. The minimum Gasteiger partial charge on any atom is -0.349 e. The SMILES string of the molecule is CC(C)(C)Nc1nc(NN)nc(N2CCCCC2)n1. The number of nitrogen functional groups attached to an aromatic ring is 1. The average Bonchev–Trinajstić information content (AvgIpc) is 2.37. The zero-order valence-electron chi connectivity index (χ0n) is 11.9. The maximum absolute atomic E-state index is 5.43. The number of aromatic nitrogens is 3. The highest BCUT2D eigenvalue weighted by molar-refractivity contribution is 5.44. The summed E-state index contributed by atoms with van der Waals surface area (Å²) in [5, 5.41) is 3.25. The summed E-state index contributed by atoms with van der Waals surface area (Å²) in [4.78, 5) is 15.2. The van der Waals surface area contributed by atoms with Gasteiger partial charge in [0.05, 0.1) is 0 Å². The van der Waals surface area contributed by atoms with Crippen molar-refractivity contribution in [2.45, 2.75) is 45.6 Å². The zero-order valence-corrected chi connectivity index (χ0v) is 11.9. The Morgan fingerprint density at radius 2 is 1.63 bits per heavy atom. The highest BCUT2D eigenvalue weighted by Gasteiger charge is 2.18. The van der Waals surface area contributed by atoms with Crippen LogP contribution in [0.1, 0.15) is 40.0 Å². The standard InChI is InChI=1S/C12H23N7/c1-12(2,3)17-9-14-10(18-13)16-11(15-9)19-7-5-4-6-8-19/h4-8,13H2,1-3H3,(H2,14,15,16,17,18). The van der Waals surface area contributed by atoms with Crippen molar-refractivity contribution in [3.63, 3.8) is 0 Å². The van der Waals surface area contributed by atoms with E-state index in [4.69, 9.17) is 5.84 Å². The molecule has 19 heavy (non-hydrogen) atoms. The van der Waals surface area contributed by atoms with Gasteiger partial charge in [0.25, 0.3) is 0 Å². The molecule has 0 atom stereocenters. The van der Waals surface area contributed by atoms with E-state index in [0.717, 1.165) is 13.1 Å². The third kappa shape index (κ3) is 3.92. The van der Waals surface area contributed by atoms with Crippen LogP contribution in [0.15, 0.2) is 0 Å². The molecule has 0 aliphatic carbocycles. The summed E-state index contributed by atoms with van der Waals surface area (Å²) < 4.78 is 0. The fourth-order valence-corrected chi connectivity index (χ4v) is 2.06. The fraction of sp³-hybridized carbons (Fsp3) is 0.750. The number of piperidine rings is 1. The molecule has 7 heteroatoms. The minimum absolute atomic E-state index is 0.105. The van der Waals surface area contributed by atoms with Gasteiger partial charge < -0.3 is 10.2 Å². The maximum atomic E-state index is 5.43. The first-order chi connectivity index (χ1) is 8.98. The van der Waals surface area contributed by atoms with Gasteiger partial charge in [0.15, 0.2) is 0 Å². The van der Waals surface area contributed by atoms with Crippen LogP contribution in [0, 0.1) is 0 Å². The maximum Gasteiger partial charge on any atom is 0.243 e. The number of hydrogen-bond acceptors (Lipinski definition) is 7. The molecule has 1 aromatic heterocycles. The van der Waals surface area contributed by atoms with Gasteiger partial charge in [-0.1, -0.05) is 0 Å². The molecule has 0 amide bonds. The fourth-order valence-electron chi connectivity index (χ4n) is 2.06. The van der Waals surface area contributed by atoms with E-state index in [2.05, 4.69) is 51.4 Å². The topological polar surface area (TPSA) is 92.0 Å². The Bertz CT molecular complexity index is 421. The van der Waals surface area contributed by atoms with Crippen molar-refractivity contribution < 1.29 is 0 Å². The van der Waals surface area contributed by atoms with E-state index in [1.165, 1.54) is 19.3 Å². The molecular weight excluding hydrogens is 242 g/mol. The summed E-state index contributed by atoms with van der Waals surface area (Å²) in [6.45, 7) is 8.17. The van der Waals surface area contributed by atoms with Crippen molar-refractivity contribution in [2.24, 2.45) is 5.84 Å². The van der Waals surface area contributed by atoms with Crippen molar-refractivity contribution in [1.82, 2.24) is 15.0 Å². The summed E-state index contributed by atoms with van der Waals surface area (Å²) in [5.41, 5.74) is 2.40. The van der Waals surface area contributed by atoms with Gasteiger partial charge in [-0.2, -0.15) is 15.0 Å².